The smallest absolute Gasteiger partial charge is 0.0597 e. The summed E-state index contributed by atoms with van der Waals surface area (Å²) in [6.07, 6.45) is 11.1. The van der Waals surface area contributed by atoms with Gasteiger partial charge in [0.15, 0.2) is 0 Å². The summed E-state index contributed by atoms with van der Waals surface area (Å²) in [5.74, 6) is 2.78. The van der Waals surface area contributed by atoms with E-state index in [-0.39, 0.29) is 42.0 Å². The molecule has 34 heavy (non-hydrogen) atoms. The van der Waals surface area contributed by atoms with Gasteiger partial charge < -0.3 is 42.3 Å². The first-order chi connectivity index (χ1) is 13.9. The largest absolute Gasteiger partial charge is 0.412 e. The lowest BCUT2D eigenvalue weighted by Crippen LogP contribution is -2.53. The van der Waals surface area contributed by atoms with Crippen LogP contribution in [0.3, 0.4) is 0 Å². The van der Waals surface area contributed by atoms with E-state index in [0.717, 1.165) is 44.4 Å². The molecule has 0 amide bonds. The van der Waals surface area contributed by atoms with Crippen LogP contribution in [0.1, 0.15) is 79.1 Å². The minimum Gasteiger partial charge on any atom is -0.412 e. The van der Waals surface area contributed by atoms with Crippen LogP contribution >= 0.6 is 11.6 Å². The quantitative estimate of drug-likeness (QED) is 0.410. The molecule has 1 aliphatic heterocycles. The van der Waals surface area contributed by atoms with Gasteiger partial charge in [0.25, 0.3) is 0 Å². The van der Waals surface area contributed by atoms with Crippen LogP contribution in [-0.4, -0.2) is 87.8 Å². The summed E-state index contributed by atoms with van der Waals surface area (Å²) < 4.78 is 0. The second kappa shape index (κ2) is 18.3. The van der Waals surface area contributed by atoms with Crippen LogP contribution in [0.25, 0.3) is 0 Å². The van der Waals surface area contributed by atoms with Crippen LogP contribution in [0.5, 0.6) is 0 Å². The number of hydrogen-bond donors (Lipinski definition) is 3. The van der Waals surface area contributed by atoms with E-state index >= 15 is 0 Å². The molecule has 2 aliphatic carbocycles. The molecule has 2 saturated carbocycles. The van der Waals surface area contributed by atoms with E-state index in [4.69, 9.17) is 11.6 Å². The predicted octanol–water partition coefficient (Wildman–Crippen LogP) is 1.22. The van der Waals surface area contributed by atoms with Crippen LogP contribution in [0.2, 0.25) is 0 Å². The second-order valence-corrected chi connectivity index (χ2v) is 11.6. The average molecular weight is 517 g/mol. The van der Waals surface area contributed by atoms with Crippen LogP contribution in [0, 0.1) is 29.1 Å². The Morgan fingerprint density at radius 2 is 1.56 bits per heavy atom. The highest BCUT2D eigenvalue weighted by atomic mass is 35.5. The number of aliphatic hydroxyl groups is 2. The van der Waals surface area contributed by atoms with Gasteiger partial charge in [0, 0.05) is 31.1 Å². The van der Waals surface area contributed by atoms with Crippen molar-refractivity contribution in [2.75, 3.05) is 39.4 Å². The second-order valence-electron chi connectivity index (χ2n) is 11.0. The fourth-order valence-electron chi connectivity index (χ4n) is 6.58. The molecule has 0 bridgehead atoms. The lowest BCUT2D eigenvalue weighted by Gasteiger charge is -2.49. The number of hydrogen-bond acceptors (Lipinski definition) is 4. The number of halogens is 1. The summed E-state index contributed by atoms with van der Waals surface area (Å²) in [6.45, 7) is 9.65. The molecule has 210 valence electrons. The fourth-order valence-corrected chi connectivity index (χ4v) is 6.83. The van der Waals surface area contributed by atoms with Gasteiger partial charge in [0.1, 0.15) is 0 Å². The van der Waals surface area contributed by atoms with Crippen molar-refractivity contribution in [3.05, 3.63) is 0 Å². The maximum absolute atomic E-state index is 9.95. The Morgan fingerprint density at radius 1 is 0.941 bits per heavy atom. The number of likely N-dealkylation sites (tertiary alicyclic amines) is 1. The Balaban J connectivity index is -0.00000192. The van der Waals surface area contributed by atoms with Gasteiger partial charge in [-0.05, 0) is 93.5 Å². The van der Waals surface area contributed by atoms with Crippen molar-refractivity contribution in [3.8, 4) is 0 Å². The molecule has 8 nitrogen and oxygen atoms in total. The molecular formula is C25H57ClN2O6. The Hall–Kier alpha value is -0.0300. The van der Waals surface area contributed by atoms with Crippen molar-refractivity contribution >= 4 is 11.6 Å². The maximum Gasteiger partial charge on any atom is 0.0597 e. The third-order valence-electron chi connectivity index (χ3n) is 8.21. The molecule has 3 fully saturated rings. The number of alkyl halides is 1. The van der Waals surface area contributed by atoms with Crippen molar-refractivity contribution in [2.45, 2.75) is 90.5 Å². The summed E-state index contributed by atoms with van der Waals surface area (Å²) in [4.78, 5) is 2.58. The van der Waals surface area contributed by atoms with Crippen molar-refractivity contribution in [1.82, 2.24) is 10.2 Å². The average Bonchev–Trinajstić information content (AvgIpc) is 2.71. The Kier molecular flexibility index (Phi) is 20.7. The summed E-state index contributed by atoms with van der Waals surface area (Å²) in [5, 5.41) is 23.5. The van der Waals surface area contributed by atoms with E-state index in [2.05, 4.69) is 24.1 Å². The SMILES string of the molecule is C.CC1(C)CN(C[C@@H](CO)NCC2CCCC(CO)C2)CCC1C1CCC(Cl)CC1.O.O.O.O. The highest BCUT2D eigenvalue weighted by molar-refractivity contribution is 6.20. The summed E-state index contributed by atoms with van der Waals surface area (Å²) in [6, 6.07) is 0.156. The van der Waals surface area contributed by atoms with Gasteiger partial charge >= 0.3 is 0 Å². The molecule has 1 saturated heterocycles. The fraction of sp³-hybridized carbons (Fsp3) is 1.00. The molecule has 0 aromatic carbocycles. The number of rotatable bonds is 8. The first-order valence-corrected chi connectivity index (χ1v) is 12.7. The third-order valence-corrected chi connectivity index (χ3v) is 8.64. The van der Waals surface area contributed by atoms with Crippen LogP contribution in [0.15, 0.2) is 0 Å². The molecular weight excluding hydrogens is 460 g/mol. The predicted molar refractivity (Wildman–Crippen MR) is 143 cm³/mol. The van der Waals surface area contributed by atoms with E-state index in [1.807, 2.05) is 0 Å². The molecule has 1 heterocycles. The molecule has 0 radical (unpaired) electrons. The van der Waals surface area contributed by atoms with E-state index in [1.54, 1.807) is 0 Å². The van der Waals surface area contributed by atoms with Crippen LogP contribution in [-0.2, 0) is 0 Å². The minimum absolute atomic E-state index is 0. The van der Waals surface area contributed by atoms with Crippen molar-refractivity contribution in [2.24, 2.45) is 29.1 Å². The van der Waals surface area contributed by atoms with Crippen LogP contribution in [0.4, 0.5) is 0 Å². The zero-order chi connectivity index (χ0) is 20.9. The first-order valence-electron chi connectivity index (χ1n) is 12.2. The van der Waals surface area contributed by atoms with Crippen molar-refractivity contribution in [1.29, 1.82) is 0 Å². The number of nitrogens with one attached hydrogen (secondary N) is 1. The van der Waals surface area contributed by atoms with E-state index in [0.29, 0.717) is 29.2 Å². The summed E-state index contributed by atoms with van der Waals surface area (Å²) in [7, 11) is 0. The van der Waals surface area contributed by atoms with Crippen molar-refractivity contribution in [3.63, 3.8) is 0 Å². The lowest BCUT2D eigenvalue weighted by molar-refractivity contribution is 0.00382. The minimum atomic E-state index is 0. The molecule has 3 aliphatic rings. The molecule has 0 spiro atoms. The molecule has 9 heteroatoms. The molecule has 4 atom stereocenters. The highest BCUT2D eigenvalue weighted by Gasteiger charge is 2.41. The van der Waals surface area contributed by atoms with E-state index < -0.39 is 0 Å². The van der Waals surface area contributed by atoms with Gasteiger partial charge in [0.05, 0.1) is 6.61 Å². The number of aliphatic hydroxyl groups excluding tert-OH is 2. The van der Waals surface area contributed by atoms with Crippen LogP contribution < -0.4 is 5.32 Å². The van der Waals surface area contributed by atoms with Gasteiger partial charge in [-0.3, -0.25) is 0 Å². The zero-order valence-corrected chi connectivity index (χ0v) is 21.5. The standard InChI is InChI=1S/C24H45ClN2O2.CH4.4H2O/c1-24(2)17-27(11-10-23(24)20-6-8-21(25)9-7-20)14-22(16-29)26-13-18-4-3-5-19(12-18)15-28;;;;;/h18-23,26,28-29H,3-17H2,1-2H3;1H4;4*1H2/t18?,19?,20?,21?,22-,23?;;;;;/m0...../s1. The van der Waals surface area contributed by atoms with Gasteiger partial charge in [-0.1, -0.05) is 27.7 Å². The lowest BCUT2D eigenvalue weighted by atomic mass is 9.64. The van der Waals surface area contributed by atoms with Crippen molar-refractivity contribution < 1.29 is 32.1 Å². The Labute approximate surface area is 213 Å². The summed E-state index contributed by atoms with van der Waals surface area (Å²) >= 11 is 6.34. The topological polar surface area (TPSA) is 182 Å². The number of piperidine rings is 1. The number of nitrogens with zero attached hydrogens (tertiary/aromatic N) is 1. The molecule has 0 aromatic rings. The molecule has 0 aromatic heterocycles. The first kappa shape index (κ1) is 38.5. The van der Waals surface area contributed by atoms with Gasteiger partial charge in [0.2, 0.25) is 0 Å². The zero-order valence-electron chi connectivity index (χ0n) is 20.8. The van der Waals surface area contributed by atoms with Gasteiger partial charge in [-0.15, -0.1) is 11.6 Å². The van der Waals surface area contributed by atoms with E-state index in [9.17, 15) is 10.2 Å². The normalized spacial score (nSPS) is 31.9. The molecule has 3 rings (SSSR count). The third kappa shape index (κ3) is 10.9. The van der Waals surface area contributed by atoms with Gasteiger partial charge in [-0.25, -0.2) is 0 Å². The highest BCUT2D eigenvalue weighted by Crippen LogP contribution is 2.45. The van der Waals surface area contributed by atoms with E-state index in [1.165, 1.54) is 51.4 Å². The Morgan fingerprint density at radius 3 is 2.12 bits per heavy atom. The monoisotopic (exact) mass is 516 g/mol. The summed E-state index contributed by atoms with van der Waals surface area (Å²) in [5.41, 5.74) is 0.333. The maximum atomic E-state index is 9.95. The Bertz CT molecular complexity index is 494. The molecule has 3 unspecified atom stereocenters. The van der Waals surface area contributed by atoms with Gasteiger partial charge in [-0.2, -0.15) is 0 Å². The molecule has 11 N–H and O–H groups in total.